The molecule has 0 unspecified atom stereocenters. The standard InChI is InChI=1S/C22H29NO2S2/c1-16-10-14-26-21(16)19(22-17(2)11-15-27-22)7-5-13-23-12-4-6-18(23)8-9-20(24)25-3/h7,10-11,14-15,18H,4-6,8-9,12-13H2,1-3H3/t18-/m0/s1. The monoisotopic (exact) mass is 403 g/mol. The number of thiophene rings is 2. The highest BCUT2D eigenvalue weighted by atomic mass is 32.1. The molecule has 0 aromatic carbocycles. The molecule has 3 heterocycles. The van der Waals surface area contributed by atoms with Gasteiger partial charge in [-0.25, -0.2) is 0 Å². The van der Waals surface area contributed by atoms with Crippen LogP contribution in [0.3, 0.4) is 0 Å². The minimum absolute atomic E-state index is 0.0922. The molecule has 146 valence electrons. The lowest BCUT2D eigenvalue weighted by Crippen LogP contribution is -2.30. The highest BCUT2D eigenvalue weighted by molar-refractivity contribution is 7.14. The predicted molar refractivity (Wildman–Crippen MR) is 116 cm³/mol. The maximum Gasteiger partial charge on any atom is 0.305 e. The van der Waals surface area contributed by atoms with E-state index in [-0.39, 0.29) is 5.97 Å². The third-order valence-electron chi connectivity index (χ3n) is 5.39. The molecule has 0 saturated carbocycles. The summed E-state index contributed by atoms with van der Waals surface area (Å²) in [6.07, 6.45) is 7.34. The third-order valence-corrected chi connectivity index (χ3v) is 7.49. The van der Waals surface area contributed by atoms with E-state index < -0.39 is 0 Å². The lowest BCUT2D eigenvalue weighted by atomic mass is 10.0. The maximum atomic E-state index is 11.5. The lowest BCUT2D eigenvalue weighted by molar-refractivity contribution is -0.140. The van der Waals surface area contributed by atoms with E-state index in [9.17, 15) is 4.79 Å². The van der Waals surface area contributed by atoms with Gasteiger partial charge in [-0.3, -0.25) is 4.79 Å². The van der Waals surface area contributed by atoms with Crippen molar-refractivity contribution in [2.24, 2.45) is 0 Å². The molecule has 1 fully saturated rings. The SMILES string of the molecule is COC(=O)CC[C@@H]1CCCN1CCC=C(c1sccc1C)c1sccc1C. The van der Waals surface area contributed by atoms with Crippen LogP contribution in [0.25, 0.3) is 5.57 Å². The molecule has 0 spiro atoms. The van der Waals surface area contributed by atoms with Gasteiger partial charge >= 0.3 is 5.97 Å². The van der Waals surface area contributed by atoms with Crippen LogP contribution in [0.15, 0.2) is 29.0 Å². The number of aryl methyl sites for hydroxylation is 2. The Morgan fingerprint density at radius 3 is 2.44 bits per heavy atom. The van der Waals surface area contributed by atoms with Gasteiger partial charge in [-0.05, 0) is 80.1 Å². The normalized spacial score (nSPS) is 17.2. The van der Waals surface area contributed by atoms with Gasteiger partial charge in [-0.1, -0.05) is 6.08 Å². The first-order chi connectivity index (χ1) is 13.1. The lowest BCUT2D eigenvalue weighted by Gasteiger charge is -2.23. The minimum atomic E-state index is -0.0922. The summed E-state index contributed by atoms with van der Waals surface area (Å²) in [5, 5.41) is 4.37. The Kier molecular flexibility index (Phi) is 7.27. The number of rotatable bonds is 8. The zero-order chi connectivity index (χ0) is 19.2. The highest BCUT2D eigenvalue weighted by Gasteiger charge is 2.24. The summed E-state index contributed by atoms with van der Waals surface area (Å²) in [6, 6.07) is 4.94. The van der Waals surface area contributed by atoms with Gasteiger partial charge in [-0.2, -0.15) is 0 Å². The van der Waals surface area contributed by atoms with Crippen molar-refractivity contribution >= 4 is 34.2 Å². The molecule has 2 aromatic heterocycles. The second-order valence-electron chi connectivity index (χ2n) is 7.22. The molecule has 0 N–H and O–H groups in total. The Morgan fingerprint density at radius 1 is 1.22 bits per heavy atom. The fourth-order valence-electron chi connectivity index (χ4n) is 3.86. The van der Waals surface area contributed by atoms with E-state index >= 15 is 0 Å². The topological polar surface area (TPSA) is 29.5 Å². The van der Waals surface area contributed by atoms with E-state index in [0.717, 1.165) is 25.9 Å². The van der Waals surface area contributed by atoms with Crippen LogP contribution < -0.4 is 0 Å². The molecule has 1 aliphatic rings. The van der Waals surface area contributed by atoms with Gasteiger partial charge in [0.25, 0.3) is 0 Å². The number of hydrogen-bond donors (Lipinski definition) is 0. The summed E-state index contributed by atoms with van der Waals surface area (Å²) in [4.78, 5) is 16.8. The molecule has 1 atom stereocenters. The predicted octanol–water partition coefficient (Wildman–Crippen LogP) is 5.67. The molecule has 0 aliphatic carbocycles. The smallest absolute Gasteiger partial charge is 0.305 e. The van der Waals surface area contributed by atoms with Crippen molar-refractivity contribution in [3.63, 3.8) is 0 Å². The zero-order valence-electron chi connectivity index (χ0n) is 16.5. The van der Waals surface area contributed by atoms with Crippen LogP contribution in [0.2, 0.25) is 0 Å². The number of carbonyl (C=O) groups is 1. The largest absolute Gasteiger partial charge is 0.469 e. The highest BCUT2D eigenvalue weighted by Crippen LogP contribution is 2.35. The van der Waals surface area contributed by atoms with Crippen molar-refractivity contribution in [3.8, 4) is 0 Å². The van der Waals surface area contributed by atoms with Crippen molar-refractivity contribution in [2.75, 3.05) is 20.2 Å². The van der Waals surface area contributed by atoms with Crippen LogP contribution in [0.4, 0.5) is 0 Å². The molecule has 3 nitrogen and oxygen atoms in total. The molecule has 27 heavy (non-hydrogen) atoms. The van der Waals surface area contributed by atoms with E-state index in [4.69, 9.17) is 4.74 Å². The van der Waals surface area contributed by atoms with Crippen molar-refractivity contribution in [1.82, 2.24) is 4.90 Å². The first-order valence-electron chi connectivity index (χ1n) is 9.70. The number of ether oxygens (including phenoxy) is 1. The maximum absolute atomic E-state index is 11.5. The average Bonchev–Trinajstić information content (AvgIpc) is 3.39. The molecule has 0 amide bonds. The third kappa shape index (κ3) is 5.09. The molecule has 2 aromatic rings. The summed E-state index contributed by atoms with van der Waals surface area (Å²) >= 11 is 3.67. The van der Waals surface area contributed by atoms with Gasteiger partial charge in [0, 0.05) is 34.3 Å². The Labute approximate surface area is 170 Å². The van der Waals surface area contributed by atoms with Gasteiger partial charge in [-0.15, -0.1) is 22.7 Å². The van der Waals surface area contributed by atoms with Crippen molar-refractivity contribution < 1.29 is 9.53 Å². The quantitative estimate of drug-likeness (QED) is 0.532. The van der Waals surface area contributed by atoms with Crippen LogP contribution in [0.1, 0.15) is 53.0 Å². The summed E-state index contributed by atoms with van der Waals surface area (Å²) < 4.78 is 4.80. The van der Waals surface area contributed by atoms with Crippen molar-refractivity contribution in [1.29, 1.82) is 0 Å². The van der Waals surface area contributed by atoms with E-state index in [0.29, 0.717) is 12.5 Å². The molecule has 1 aliphatic heterocycles. The summed E-state index contributed by atoms with van der Waals surface area (Å²) in [6.45, 7) is 6.60. The Balaban J connectivity index is 1.67. The zero-order valence-corrected chi connectivity index (χ0v) is 18.1. The molecule has 3 rings (SSSR count). The van der Waals surface area contributed by atoms with E-state index in [1.165, 1.54) is 46.4 Å². The number of hydrogen-bond acceptors (Lipinski definition) is 5. The second-order valence-corrected chi connectivity index (χ2v) is 9.05. The number of carbonyl (C=O) groups excluding carboxylic acids is 1. The van der Waals surface area contributed by atoms with Gasteiger partial charge in [0.1, 0.15) is 0 Å². The van der Waals surface area contributed by atoms with Gasteiger partial charge in [0.15, 0.2) is 0 Å². The van der Waals surface area contributed by atoms with Crippen LogP contribution in [0, 0.1) is 13.8 Å². The first kappa shape index (κ1) is 20.3. The number of methoxy groups -OCH3 is 1. The van der Waals surface area contributed by atoms with E-state index in [1.54, 1.807) is 0 Å². The molecule has 0 radical (unpaired) electrons. The molecular weight excluding hydrogens is 374 g/mol. The van der Waals surface area contributed by atoms with Gasteiger partial charge < -0.3 is 9.64 Å². The number of esters is 1. The van der Waals surface area contributed by atoms with Crippen LogP contribution in [0.5, 0.6) is 0 Å². The average molecular weight is 404 g/mol. The first-order valence-corrected chi connectivity index (χ1v) is 11.5. The number of likely N-dealkylation sites (tertiary alicyclic amines) is 1. The van der Waals surface area contributed by atoms with Crippen LogP contribution in [-0.2, 0) is 9.53 Å². The van der Waals surface area contributed by atoms with Crippen molar-refractivity contribution in [3.05, 3.63) is 49.9 Å². The fourth-order valence-corrected chi connectivity index (χ4v) is 5.88. The Hall–Kier alpha value is -1.43. The molecule has 5 heteroatoms. The van der Waals surface area contributed by atoms with Crippen LogP contribution >= 0.6 is 22.7 Å². The fraction of sp³-hybridized carbons (Fsp3) is 0.500. The summed E-state index contributed by atoms with van der Waals surface area (Å²) in [7, 11) is 1.47. The van der Waals surface area contributed by atoms with E-state index in [1.807, 2.05) is 22.7 Å². The van der Waals surface area contributed by atoms with E-state index in [2.05, 4.69) is 47.7 Å². The van der Waals surface area contributed by atoms with Gasteiger partial charge in [0.05, 0.1) is 7.11 Å². The number of nitrogens with zero attached hydrogens (tertiary/aromatic N) is 1. The Morgan fingerprint density at radius 2 is 1.89 bits per heavy atom. The van der Waals surface area contributed by atoms with Gasteiger partial charge in [0.2, 0.25) is 0 Å². The van der Waals surface area contributed by atoms with Crippen molar-refractivity contribution in [2.45, 2.75) is 52.0 Å². The molecule has 1 saturated heterocycles. The summed E-state index contributed by atoms with van der Waals surface area (Å²) in [5.74, 6) is -0.0922. The molecular formula is C22H29NO2S2. The summed E-state index contributed by atoms with van der Waals surface area (Å²) in [5.41, 5.74) is 4.10. The Bertz CT molecular complexity index is 748. The van der Waals surface area contributed by atoms with Crippen LogP contribution in [-0.4, -0.2) is 37.1 Å². The minimum Gasteiger partial charge on any atom is -0.469 e. The molecule has 0 bridgehead atoms. The second kappa shape index (κ2) is 9.67.